The Morgan fingerprint density at radius 1 is 1.18 bits per heavy atom. The summed E-state index contributed by atoms with van der Waals surface area (Å²) in [6.07, 6.45) is 6.01. The number of nitrogens with two attached hydrogens (primary N) is 2. The molecule has 0 spiro atoms. The van der Waals surface area contributed by atoms with E-state index in [-0.39, 0.29) is 14.0 Å². The van der Waals surface area contributed by atoms with Crippen molar-refractivity contribution in [3.05, 3.63) is 71.4 Å². The van der Waals surface area contributed by atoms with E-state index in [1.54, 1.807) is 49.7 Å². The van der Waals surface area contributed by atoms with Crippen molar-refractivity contribution >= 4 is 60.2 Å². The minimum atomic E-state index is -1.26. The standard InChI is InChI=1S/C25H31B3N4O4S.CH4S.CH4/c1-25(34,15-33)18-3-2-10-31(13-18)12-17-5-4-16(11-22(17)36-23(26)27)21(29)14-32(30)19-6-8-20(9-7-19)35-24(28)37;1-2;/h3-9,11,14,23-24,33-34,37H,2,10,12-13,15,29-30H2,1H3;2H,1H3;1H4/b21-14-;;/t24?,25-;;/m1../s1. The first-order valence-corrected chi connectivity index (χ1v) is 13.6. The zero-order valence-corrected chi connectivity index (χ0v) is 24.1. The lowest BCUT2D eigenvalue weighted by molar-refractivity contribution is 0.0247. The fourth-order valence-electron chi connectivity index (χ4n) is 3.93. The normalized spacial score (nSPS) is 16.0. The quantitative estimate of drug-likeness (QED) is 0.0599. The maximum absolute atomic E-state index is 10.5. The van der Waals surface area contributed by atoms with Gasteiger partial charge in [0, 0.05) is 42.9 Å². The highest BCUT2D eigenvalue weighted by Gasteiger charge is 2.28. The van der Waals surface area contributed by atoms with E-state index in [2.05, 4.69) is 30.2 Å². The van der Waals surface area contributed by atoms with Crippen molar-refractivity contribution < 1.29 is 19.7 Å². The van der Waals surface area contributed by atoms with Crippen molar-refractivity contribution in [1.82, 2.24) is 4.90 Å². The molecule has 1 aliphatic rings. The predicted molar refractivity (Wildman–Crippen MR) is 174 cm³/mol. The number of aliphatic hydroxyl groups is 2. The highest BCUT2D eigenvalue weighted by molar-refractivity contribution is 7.82. The van der Waals surface area contributed by atoms with Gasteiger partial charge in [-0.2, -0.15) is 12.6 Å². The SMILES string of the molecule is C.CS.[B]C([B])Oc1cc(/C(N)=C/N(N)c2ccc(OC([B])S)cc2)ccc1CN1CCC=C([C@](C)(O)CO)C1. The van der Waals surface area contributed by atoms with Gasteiger partial charge in [0.25, 0.3) is 0 Å². The van der Waals surface area contributed by atoms with Gasteiger partial charge in [-0.25, -0.2) is 5.84 Å². The average molecular weight is 580 g/mol. The number of ether oxygens (including phenoxy) is 2. The van der Waals surface area contributed by atoms with E-state index in [4.69, 9.17) is 44.6 Å². The summed E-state index contributed by atoms with van der Waals surface area (Å²) >= 11 is 7.53. The van der Waals surface area contributed by atoms with E-state index >= 15 is 0 Å². The zero-order valence-electron chi connectivity index (χ0n) is 22.3. The molecule has 13 heteroatoms. The van der Waals surface area contributed by atoms with Crippen molar-refractivity contribution in [2.24, 2.45) is 11.6 Å². The molecular formula is C27H39B3N4O4S2. The van der Waals surface area contributed by atoms with Gasteiger partial charge in [0.15, 0.2) is 0 Å². The molecule has 6 radical (unpaired) electrons. The van der Waals surface area contributed by atoms with Crippen molar-refractivity contribution in [2.45, 2.75) is 44.2 Å². The van der Waals surface area contributed by atoms with Crippen LogP contribution in [0.25, 0.3) is 5.70 Å². The molecule has 6 N–H and O–H groups in total. The van der Waals surface area contributed by atoms with Crippen LogP contribution in [0.1, 0.15) is 31.9 Å². The van der Waals surface area contributed by atoms with Gasteiger partial charge >= 0.3 is 0 Å². The van der Waals surface area contributed by atoms with Gasteiger partial charge in [0.05, 0.1) is 23.3 Å². The summed E-state index contributed by atoms with van der Waals surface area (Å²) in [6, 6.07) is 12.5. The van der Waals surface area contributed by atoms with E-state index in [1.165, 1.54) is 5.01 Å². The Morgan fingerprint density at radius 2 is 1.82 bits per heavy atom. The highest BCUT2D eigenvalue weighted by atomic mass is 32.1. The number of hydrogen-bond acceptors (Lipinski definition) is 10. The highest BCUT2D eigenvalue weighted by Crippen LogP contribution is 2.28. The van der Waals surface area contributed by atoms with Crippen LogP contribution < -0.4 is 26.1 Å². The number of nitrogens with zero attached hydrogens (tertiary/aromatic N) is 2. The fraction of sp³-hybridized carbons (Fsp3) is 0.407. The predicted octanol–water partition coefficient (Wildman–Crippen LogP) is 2.14. The second kappa shape index (κ2) is 17.0. The molecule has 1 unspecified atom stereocenters. The molecule has 0 aliphatic carbocycles. The topological polar surface area (TPSA) is 117 Å². The van der Waals surface area contributed by atoms with E-state index in [0.717, 1.165) is 24.1 Å². The van der Waals surface area contributed by atoms with Crippen LogP contribution in [0.15, 0.2) is 60.3 Å². The molecular weight excluding hydrogens is 541 g/mol. The van der Waals surface area contributed by atoms with Crippen LogP contribution in [-0.4, -0.2) is 81.4 Å². The summed E-state index contributed by atoms with van der Waals surface area (Å²) in [5.41, 5.74) is 8.44. The van der Waals surface area contributed by atoms with Gasteiger partial charge in [-0.3, -0.25) is 9.91 Å². The fourth-order valence-corrected chi connectivity index (χ4v) is 4.05. The number of hydrogen-bond donors (Lipinski definition) is 6. The Kier molecular flexibility index (Phi) is 15.2. The summed E-state index contributed by atoms with van der Waals surface area (Å²) in [6.45, 7) is 3.09. The van der Waals surface area contributed by atoms with E-state index in [1.807, 2.05) is 18.2 Å². The van der Waals surface area contributed by atoms with Crippen LogP contribution >= 0.6 is 25.3 Å². The smallest absolute Gasteiger partial charge is 0.142 e. The molecule has 3 rings (SSSR count). The minimum absolute atomic E-state index is 0. The van der Waals surface area contributed by atoms with E-state index < -0.39 is 16.8 Å². The summed E-state index contributed by atoms with van der Waals surface area (Å²) in [5.74, 6) is 6.21. The van der Waals surface area contributed by atoms with Crippen molar-refractivity contribution in [1.29, 1.82) is 0 Å². The lowest BCUT2D eigenvalue weighted by Gasteiger charge is -2.34. The molecule has 0 bridgehead atoms. The van der Waals surface area contributed by atoms with Gasteiger partial charge in [-0.05, 0) is 55.5 Å². The third-order valence-corrected chi connectivity index (χ3v) is 6.06. The third-order valence-electron chi connectivity index (χ3n) is 5.96. The Morgan fingerprint density at radius 3 is 2.40 bits per heavy atom. The van der Waals surface area contributed by atoms with Crippen molar-refractivity contribution in [3.8, 4) is 11.5 Å². The second-order valence-electron chi connectivity index (χ2n) is 9.06. The zero-order chi connectivity index (χ0) is 29.2. The van der Waals surface area contributed by atoms with Gasteiger partial charge in [0.1, 0.15) is 40.6 Å². The molecule has 8 nitrogen and oxygen atoms in total. The molecule has 0 saturated heterocycles. The number of aliphatic hydroxyl groups excluding tert-OH is 1. The number of benzene rings is 2. The van der Waals surface area contributed by atoms with E-state index in [9.17, 15) is 10.2 Å². The van der Waals surface area contributed by atoms with Crippen LogP contribution in [0, 0.1) is 0 Å². The molecule has 212 valence electrons. The lowest BCUT2D eigenvalue weighted by atomic mass is 9.82. The number of hydrazine groups is 1. The van der Waals surface area contributed by atoms with Crippen LogP contribution in [0.2, 0.25) is 0 Å². The molecule has 1 heterocycles. The molecule has 0 saturated carbocycles. The first kappa shape index (κ1) is 35.9. The van der Waals surface area contributed by atoms with Crippen molar-refractivity contribution in [3.63, 3.8) is 0 Å². The number of anilines is 1. The molecule has 2 atom stereocenters. The molecule has 2 aromatic carbocycles. The van der Waals surface area contributed by atoms with E-state index in [0.29, 0.717) is 41.5 Å². The summed E-state index contributed by atoms with van der Waals surface area (Å²) in [4.78, 5) is 2.15. The van der Waals surface area contributed by atoms with Crippen LogP contribution in [0.3, 0.4) is 0 Å². The van der Waals surface area contributed by atoms with Gasteiger partial charge in [-0.15, -0.1) is 12.6 Å². The first-order valence-electron chi connectivity index (χ1n) is 12.2. The minimum Gasteiger partial charge on any atom is -0.510 e. The van der Waals surface area contributed by atoms with Crippen LogP contribution in [0.4, 0.5) is 5.69 Å². The number of rotatable bonds is 11. The maximum atomic E-state index is 10.5. The third kappa shape index (κ3) is 10.7. The van der Waals surface area contributed by atoms with Gasteiger partial charge < -0.3 is 25.4 Å². The summed E-state index contributed by atoms with van der Waals surface area (Å²) in [5, 5.41) is 20.6. The largest absolute Gasteiger partial charge is 0.510 e. The average Bonchev–Trinajstić information content (AvgIpc) is 2.90. The summed E-state index contributed by atoms with van der Waals surface area (Å²) in [7, 11) is 17.0. The van der Waals surface area contributed by atoms with Gasteiger partial charge in [-0.1, -0.05) is 25.6 Å². The molecule has 1 aliphatic heterocycles. The number of thiol groups is 2. The molecule has 40 heavy (non-hydrogen) atoms. The Labute approximate surface area is 253 Å². The molecule has 0 aromatic heterocycles. The second-order valence-corrected chi connectivity index (χ2v) is 9.57. The van der Waals surface area contributed by atoms with Gasteiger partial charge in [0.2, 0.25) is 0 Å². The lowest BCUT2D eigenvalue weighted by Crippen LogP contribution is -2.40. The molecule has 0 fully saturated rings. The van der Waals surface area contributed by atoms with Crippen LogP contribution in [0.5, 0.6) is 11.5 Å². The molecule has 2 aromatic rings. The Hall–Kier alpha value is -2.15. The Bertz CT molecular complexity index is 1120. The van der Waals surface area contributed by atoms with Crippen LogP contribution in [-0.2, 0) is 6.54 Å². The first-order chi connectivity index (χ1) is 18.5. The maximum Gasteiger partial charge on any atom is 0.142 e. The van der Waals surface area contributed by atoms with Crippen molar-refractivity contribution in [2.75, 3.05) is 31.0 Å². The Balaban J connectivity index is 0.00000261. The molecule has 0 amide bonds. The summed E-state index contributed by atoms with van der Waals surface area (Å²) < 4.78 is 11.0. The monoisotopic (exact) mass is 580 g/mol.